The third-order valence-electron chi connectivity index (χ3n) is 4.41. The molecule has 0 unspecified atom stereocenters. The van der Waals surface area contributed by atoms with E-state index in [0.717, 1.165) is 4.57 Å². The van der Waals surface area contributed by atoms with E-state index in [2.05, 4.69) is 10.3 Å². The fourth-order valence-corrected chi connectivity index (χ4v) is 2.87. The molecular weight excluding hydrogens is 417 g/mol. The van der Waals surface area contributed by atoms with Gasteiger partial charge in [0.1, 0.15) is 6.54 Å². The second-order valence-electron chi connectivity index (χ2n) is 6.57. The number of H-pyrrole nitrogens is 1. The maximum Gasteiger partial charge on any atom is 0.405 e. The maximum atomic E-state index is 12.5. The van der Waals surface area contributed by atoms with Gasteiger partial charge in [0, 0.05) is 23.4 Å². The number of nitrogens with one attached hydrogen (secondary N) is 3. The number of hydrogen-bond donors (Lipinski definition) is 3. The van der Waals surface area contributed by atoms with Crippen LogP contribution in [0.2, 0.25) is 0 Å². The van der Waals surface area contributed by atoms with Crippen LogP contribution in [0, 0.1) is 0 Å². The largest absolute Gasteiger partial charge is 0.405 e. The van der Waals surface area contributed by atoms with Crippen LogP contribution in [0.4, 0.5) is 18.9 Å². The summed E-state index contributed by atoms with van der Waals surface area (Å²) < 4.78 is 37.6. The summed E-state index contributed by atoms with van der Waals surface area (Å²) >= 11 is 0. The van der Waals surface area contributed by atoms with E-state index in [1.165, 1.54) is 42.5 Å². The third kappa shape index (κ3) is 5.00. The Bertz CT molecular complexity index is 1260. The zero-order valence-corrected chi connectivity index (χ0v) is 16.2. The zero-order chi connectivity index (χ0) is 22.8. The molecule has 2 amide bonds. The van der Waals surface area contributed by atoms with Crippen LogP contribution >= 0.6 is 0 Å². The molecule has 0 aliphatic carbocycles. The van der Waals surface area contributed by atoms with Crippen molar-refractivity contribution in [3.63, 3.8) is 0 Å². The Morgan fingerprint density at radius 2 is 1.65 bits per heavy atom. The molecule has 162 valence electrons. The summed E-state index contributed by atoms with van der Waals surface area (Å²) in [4.78, 5) is 51.0. The summed E-state index contributed by atoms with van der Waals surface area (Å²) in [5.41, 5.74) is -0.373. The number of alkyl halides is 3. The average molecular weight is 434 g/mol. The van der Waals surface area contributed by atoms with Crippen molar-refractivity contribution in [3.8, 4) is 0 Å². The van der Waals surface area contributed by atoms with Gasteiger partial charge in [0.25, 0.3) is 17.4 Å². The molecule has 31 heavy (non-hydrogen) atoms. The summed E-state index contributed by atoms with van der Waals surface area (Å²) in [7, 11) is 0. The van der Waals surface area contributed by atoms with Crippen molar-refractivity contribution in [3.05, 3.63) is 74.4 Å². The number of anilines is 1. The van der Waals surface area contributed by atoms with E-state index in [1.54, 1.807) is 12.2 Å². The van der Waals surface area contributed by atoms with E-state index in [1.807, 2.05) is 0 Å². The number of hydrogen-bond acceptors (Lipinski definition) is 4. The molecule has 2 aromatic carbocycles. The van der Waals surface area contributed by atoms with Gasteiger partial charge in [-0.1, -0.05) is 0 Å². The highest BCUT2D eigenvalue weighted by atomic mass is 19.4. The van der Waals surface area contributed by atoms with Crippen LogP contribution in [-0.2, 0) is 6.54 Å². The minimum absolute atomic E-state index is 0.00210. The SMILES string of the molecule is CCn1c(=O)[nH]c2cc(C(=O)Nc3ccc(C(=O)NCC(F)(F)F)cc3)ccc2c1=O. The van der Waals surface area contributed by atoms with Gasteiger partial charge in [-0.3, -0.25) is 19.0 Å². The fraction of sp³-hybridized carbons (Fsp3) is 0.200. The normalized spacial score (nSPS) is 11.4. The molecule has 0 spiro atoms. The lowest BCUT2D eigenvalue weighted by atomic mass is 10.1. The number of fused-ring (bicyclic) bond motifs is 1. The topological polar surface area (TPSA) is 113 Å². The summed E-state index contributed by atoms with van der Waals surface area (Å²) in [5, 5.41) is 4.58. The van der Waals surface area contributed by atoms with Gasteiger partial charge in [-0.25, -0.2) is 4.79 Å². The molecule has 3 rings (SSSR count). The number of halogens is 3. The van der Waals surface area contributed by atoms with Gasteiger partial charge in [-0.05, 0) is 49.4 Å². The Balaban J connectivity index is 1.75. The lowest BCUT2D eigenvalue weighted by Gasteiger charge is -2.10. The Hall–Kier alpha value is -3.89. The maximum absolute atomic E-state index is 12.5. The zero-order valence-electron chi connectivity index (χ0n) is 16.2. The molecule has 8 nitrogen and oxygen atoms in total. The van der Waals surface area contributed by atoms with Crippen LogP contribution in [0.15, 0.2) is 52.1 Å². The molecule has 1 heterocycles. The molecule has 1 aromatic heterocycles. The van der Waals surface area contributed by atoms with Crippen LogP contribution in [0.25, 0.3) is 10.9 Å². The third-order valence-corrected chi connectivity index (χ3v) is 4.41. The minimum Gasteiger partial charge on any atom is -0.343 e. The molecule has 11 heteroatoms. The number of carbonyl (C=O) groups is 2. The van der Waals surface area contributed by atoms with Crippen molar-refractivity contribution in [2.45, 2.75) is 19.6 Å². The van der Waals surface area contributed by atoms with Crippen LogP contribution < -0.4 is 21.9 Å². The smallest absolute Gasteiger partial charge is 0.343 e. The molecule has 0 aliphatic heterocycles. The lowest BCUT2D eigenvalue weighted by molar-refractivity contribution is -0.123. The van der Waals surface area contributed by atoms with Gasteiger partial charge in [0.2, 0.25) is 0 Å². The van der Waals surface area contributed by atoms with Gasteiger partial charge >= 0.3 is 11.9 Å². The highest BCUT2D eigenvalue weighted by Crippen LogP contribution is 2.15. The molecule has 3 N–H and O–H groups in total. The molecule has 0 bridgehead atoms. The molecule has 0 atom stereocenters. The van der Waals surface area contributed by atoms with Crippen LogP contribution in [0.5, 0.6) is 0 Å². The van der Waals surface area contributed by atoms with Crippen LogP contribution in [0.3, 0.4) is 0 Å². The summed E-state index contributed by atoms with van der Waals surface area (Å²) in [6.07, 6.45) is -4.52. The summed E-state index contributed by atoms with van der Waals surface area (Å²) in [6.45, 7) is 0.420. The monoisotopic (exact) mass is 434 g/mol. The second-order valence-corrected chi connectivity index (χ2v) is 6.57. The van der Waals surface area contributed by atoms with Gasteiger partial charge < -0.3 is 15.6 Å². The quantitative estimate of drug-likeness (QED) is 0.572. The molecule has 0 radical (unpaired) electrons. The van der Waals surface area contributed by atoms with Crippen molar-refractivity contribution in [2.75, 3.05) is 11.9 Å². The minimum atomic E-state index is -4.52. The van der Waals surface area contributed by atoms with E-state index in [-0.39, 0.29) is 28.6 Å². The molecule has 0 saturated carbocycles. The first kappa shape index (κ1) is 21.8. The average Bonchev–Trinajstić information content (AvgIpc) is 2.72. The Morgan fingerprint density at radius 3 is 2.26 bits per heavy atom. The number of carbonyl (C=O) groups excluding carboxylic acids is 2. The van der Waals surface area contributed by atoms with Crippen molar-refractivity contribution in [1.82, 2.24) is 14.9 Å². The highest BCUT2D eigenvalue weighted by Gasteiger charge is 2.27. The van der Waals surface area contributed by atoms with Crippen molar-refractivity contribution in [1.29, 1.82) is 0 Å². The predicted molar refractivity (Wildman–Crippen MR) is 107 cm³/mol. The standard InChI is InChI=1S/C20H17F3N4O4/c1-2-27-18(30)14-8-5-12(9-15(14)26-19(27)31)17(29)25-13-6-3-11(4-7-13)16(28)24-10-20(21,22)23/h3-9H,2,10H2,1H3,(H,24,28)(H,25,29)(H,26,31). The number of aromatic amines is 1. The first-order valence-electron chi connectivity index (χ1n) is 9.12. The fourth-order valence-electron chi connectivity index (χ4n) is 2.87. The summed E-state index contributed by atoms with van der Waals surface area (Å²) in [5.74, 6) is -1.44. The van der Waals surface area contributed by atoms with Gasteiger partial charge in [-0.2, -0.15) is 13.2 Å². The Kier molecular flexibility index (Phi) is 5.95. The number of nitrogens with zero attached hydrogens (tertiary/aromatic N) is 1. The molecule has 0 fully saturated rings. The first-order valence-corrected chi connectivity index (χ1v) is 9.12. The Labute approximate surface area is 172 Å². The van der Waals surface area contributed by atoms with Gasteiger partial charge in [0.05, 0.1) is 10.9 Å². The lowest BCUT2D eigenvalue weighted by Crippen LogP contribution is -2.34. The highest BCUT2D eigenvalue weighted by molar-refractivity contribution is 6.06. The van der Waals surface area contributed by atoms with Crippen LogP contribution in [0.1, 0.15) is 27.6 Å². The number of rotatable bonds is 5. The second kappa shape index (κ2) is 8.46. The van der Waals surface area contributed by atoms with E-state index < -0.39 is 35.8 Å². The molecule has 3 aromatic rings. The van der Waals surface area contributed by atoms with Crippen molar-refractivity contribution >= 4 is 28.4 Å². The predicted octanol–water partition coefficient (Wildman–Crippen LogP) is 2.25. The van der Waals surface area contributed by atoms with Crippen LogP contribution in [-0.4, -0.2) is 34.1 Å². The molecular formula is C20H17F3N4O4. The van der Waals surface area contributed by atoms with E-state index in [4.69, 9.17) is 0 Å². The van der Waals surface area contributed by atoms with E-state index in [0.29, 0.717) is 5.69 Å². The first-order chi connectivity index (χ1) is 14.6. The number of amides is 2. The molecule has 0 aliphatic rings. The van der Waals surface area contributed by atoms with E-state index in [9.17, 15) is 32.3 Å². The summed E-state index contributed by atoms with van der Waals surface area (Å²) in [6, 6.07) is 9.50. The number of benzene rings is 2. The van der Waals surface area contributed by atoms with Gasteiger partial charge in [-0.15, -0.1) is 0 Å². The Morgan fingerprint density at radius 1 is 1.00 bits per heavy atom. The number of aromatic nitrogens is 2. The van der Waals surface area contributed by atoms with Gasteiger partial charge in [0.15, 0.2) is 0 Å². The molecule has 0 saturated heterocycles. The van der Waals surface area contributed by atoms with E-state index >= 15 is 0 Å². The van der Waals surface area contributed by atoms with Crippen molar-refractivity contribution < 1.29 is 22.8 Å². The van der Waals surface area contributed by atoms with Crippen molar-refractivity contribution in [2.24, 2.45) is 0 Å².